The molecule has 4 nitrogen and oxygen atoms in total. The van der Waals surface area contributed by atoms with Crippen LogP contribution in [-0.4, -0.2) is 18.3 Å². The Morgan fingerprint density at radius 1 is 1.29 bits per heavy atom. The smallest absolute Gasteiger partial charge is 0.124 e. The summed E-state index contributed by atoms with van der Waals surface area (Å²) in [6, 6.07) is 9.69. The molecular weight excluding hydrogens is 266 g/mol. The predicted octanol–water partition coefficient (Wildman–Crippen LogP) is 3.67. The van der Waals surface area contributed by atoms with E-state index in [1.54, 1.807) is 19.4 Å². The fourth-order valence-electron chi connectivity index (χ4n) is 2.43. The third kappa shape index (κ3) is 4.26. The molecule has 0 bridgehead atoms. The van der Waals surface area contributed by atoms with Gasteiger partial charge in [-0.15, -0.1) is 0 Å². The molecule has 1 heterocycles. The van der Waals surface area contributed by atoms with Crippen LogP contribution in [0.15, 0.2) is 41.0 Å². The summed E-state index contributed by atoms with van der Waals surface area (Å²) >= 11 is 0. The van der Waals surface area contributed by atoms with E-state index in [1.807, 2.05) is 31.2 Å². The topological polar surface area (TPSA) is 54.6 Å². The van der Waals surface area contributed by atoms with E-state index in [1.165, 1.54) is 0 Å². The van der Waals surface area contributed by atoms with Crippen LogP contribution in [-0.2, 0) is 6.42 Å². The molecule has 21 heavy (non-hydrogen) atoms. The van der Waals surface area contributed by atoms with Crippen LogP contribution in [0.25, 0.3) is 0 Å². The van der Waals surface area contributed by atoms with Gasteiger partial charge in [-0.25, -0.2) is 0 Å². The standard InChI is InChI=1S/C17H23NO3/c1-12(6-7-14-5-4-10-21-14)18-13(2)16-9-8-15(20-3)11-17(16)19/h4-5,8-13,18-19H,6-7H2,1-3H3. The van der Waals surface area contributed by atoms with E-state index in [0.717, 1.165) is 24.2 Å². The van der Waals surface area contributed by atoms with Gasteiger partial charge in [0.1, 0.15) is 17.3 Å². The normalized spacial score (nSPS) is 13.9. The summed E-state index contributed by atoms with van der Waals surface area (Å²) in [5.41, 5.74) is 0.876. The molecule has 2 rings (SSSR count). The molecule has 0 aliphatic rings. The molecular formula is C17H23NO3. The molecule has 114 valence electrons. The Morgan fingerprint density at radius 2 is 2.10 bits per heavy atom. The van der Waals surface area contributed by atoms with Gasteiger partial charge in [-0.05, 0) is 38.5 Å². The number of benzene rings is 1. The Hall–Kier alpha value is -1.94. The maximum absolute atomic E-state index is 10.1. The lowest BCUT2D eigenvalue weighted by molar-refractivity contribution is 0.397. The monoisotopic (exact) mass is 289 g/mol. The van der Waals surface area contributed by atoms with Crippen LogP contribution in [0.3, 0.4) is 0 Å². The zero-order valence-corrected chi connectivity index (χ0v) is 12.8. The molecule has 2 aromatic rings. The Balaban J connectivity index is 1.89. The first-order valence-electron chi connectivity index (χ1n) is 7.25. The highest BCUT2D eigenvalue weighted by Gasteiger charge is 2.14. The first-order chi connectivity index (χ1) is 10.1. The van der Waals surface area contributed by atoms with E-state index >= 15 is 0 Å². The molecule has 2 atom stereocenters. The summed E-state index contributed by atoms with van der Waals surface area (Å²) in [4.78, 5) is 0. The Bertz CT molecular complexity index is 551. The van der Waals surface area contributed by atoms with Crippen molar-refractivity contribution >= 4 is 0 Å². The quantitative estimate of drug-likeness (QED) is 0.816. The number of aromatic hydroxyl groups is 1. The highest BCUT2D eigenvalue weighted by Crippen LogP contribution is 2.28. The summed E-state index contributed by atoms with van der Waals surface area (Å²) in [5, 5.41) is 13.5. The average molecular weight is 289 g/mol. The van der Waals surface area contributed by atoms with Crippen molar-refractivity contribution in [1.29, 1.82) is 0 Å². The van der Waals surface area contributed by atoms with Crippen molar-refractivity contribution in [3.63, 3.8) is 0 Å². The SMILES string of the molecule is COc1ccc(C(C)NC(C)CCc2ccco2)c(O)c1. The molecule has 4 heteroatoms. The lowest BCUT2D eigenvalue weighted by Crippen LogP contribution is -2.29. The van der Waals surface area contributed by atoms with Gasteiger partial charge in [0, 0.05) is 30.1 Å². The fourth-order valence-corrected chi connectivity index (χ4v) is 2.43. The van der Waals surface area contributed by atoms with Crippen LogP contribution >= 0.6 is 0 Å². The lowest BCUT2D eigenvalue weighted by atomic mass is 10.0. The van der Waals surface area contributed by atoms with Crippen LogP contribution in [0.1, 0.15) is 37.6 Å². The number of rotatable bonds is 7. The lowest BCUT2D eigenvalue weighted by Gasteiger charge is -2.21. The maximum Gasteiger partial charge on any atom is 0.124 e. The molecule has 0 aliphatic carbocycles. The van der Waals surface area contributed by atoms with Crippen LogP contribution in [0, 0.1) is 0 Å². The first kappa shape index (κ1) is 15.4. The minimum Gasteiger partial charge on any atom is -0.507 e. The second-order valence-corrected chi connectivity index (χ2v) is 5.33. The second kappa shape index (κ2) is 7.18. The number of aryl methyl sites for hydroxylation is 1. The van der Waals surface area contributed by atoms with Crippen molar-refractivity contribution < 1.29 is 14.3 Å². The fraction of sp³-hybridized carbons (Fsp3) is 0.412. The molecule has 2 N–H and O–H groups in total. The van der Waals surface area contributed by atoms with E-state index in [0.29, 0.717) is 11.8 Å². The van der Waals surface area contributed by atoms with E-state index in [2.05, 4.69) is 12.2 Å². The van der Waals surface area contributed by atoms with Gasteiger partial charge in [-0.2, -0.15) is 0 Å². The molecule has 0 aliphatic heterocycles. The zero-order chi connectivity index (χ0) is 15.2. The number of phenols is 1. The summed E-state index contributed by atoms with van der Waals surface area (Å²) in [7, 11) is 1.59. The van der Waals surface area contributed by atoms with Gasteiger partial charge < -0.3 is 19.6 Å². The largest absolute Gasteiger partial charge is 0.507 e. The summed E-state index contributed by atoms with van der Waals surface area (Å²) < 4.78 is 10.4. The molecule has 0 amide bonds. The number of phenolic OH excluding ortho intramolecular Hbond substituents is 1. The van der Waals surface area contributed by atoms with E-state index in [9.17, 15) is 5.11 Å². The molecule has 0 saturated heterocycles. The van der Waals surface area contributed by atoms with Crippen LogP contribution in [0.5, 0.6) is 11.5 Å². The van der Waals surface area contributed by atoms with Gasteiger partial charge in [-0.1, -0.05) is 6.07 Å². The second-order valence-electron chi connectivity index (χ2n) is 5.33. The van der Waals surface area contributed by atoms with Gasteiger partial charge in [0.2, 0.25) is 0 Å². The van der Waals surface area contributed by atoms with Gasteiger partial charge in [-0.3, -0.25) is 0 Å². The molecule has 0 spiro atoms. The van der Waals surface area contributed by atoms with Crippen molar-refractivity contribution in [2.45, 2.75) is 38.8 Å². The summed E-state index contributed by atoms with van der Waals surface area (Å²) in [6.45, 7) is 4.19. The van der Waals surface area contributed by atoms with Gasteiger partial charge in [0.25, 0.3) is 0 Å². The van der Waals surface area contributed by atoms with E-state index in [-0.39, 0.29) is 11.8 Å². The number of ether oxygens (including phenoxy) is 1. The molecule has 1 aromatic carbocycles. The van der Waals surface area contributed by atoms with Crippen molar-refractivity contribution in [3.8, 4) is 11.5 Å². The van der Waals surface area contributed by atoms with E-state index < -0.39 is 0 Å². The Kier molecular flexibility index (Phi) is 5.28. The molecule has 0 fully saturated rings. The van der Waals surface area contributed by atoms with Crippen molar-refractivity contribution in [1.82, 2.24) is 5.32 Å². The van der Waals surface area contributed by atoms with E-state index in [4.69, 9.17) is 9.15 Å². The predicted molar refractivity (Wildman–Crippen MR) is 82.7 cm³/mol. The number of nitrogens with one attached hydrogen (secondary N) is 1. The van der Waals surface area contributed by atoms with Crippen molar-refractivity contribution in [3.05, 3.63) is 47.9 Å². The van der Waals surface area contributed by atoms with Gasteiger partial charge in [0.05, 0.1) is 13.4 Å². The van der Waals surface area contributed by atoms with Crippen molar-refractivity contribution in [2.24, 2.45) is 0 Å². The number of furan rings is 1. The highest BCUT2D eigenvalue weighted by atomic mass is 16.5. The zero-order valence-electron chi connectivity index (χ0n) is 12.8. The third-order valence-corrected chi connectivity index (χ3v) is 3.64. The maximum atomic E-state index is 10.1. The minimum absolute atomic E-state index is 0.0718. The molecule has 1 aromatic heterocycles. The van der Waals surface area contributed by atoms with Crippen LogP contribution < -0.4 is 10.1 Å². The molecule has 2 unspecified atom stereocenters. The van der Waals surface area contributed by atoms with Crippen LogP contribution in [0.4, 0.5) is 0 Å². The third-order valence-electron chi connectivity index (χ3n) is 3.64. The average Bonchev–Trinajstić information content (AvgIpc) is 2.98. The number of hydrogen-bond donors (Lipinski definition) is 2. The molecule has 0 saturated carbocycles. The highest BCUT2D eigenvalue weighted by molar-refractivity contribution is 5.41. The Labute approximate surface area is 125 Å². The summed E-state index contributed by atoms with van der Waals surface area (Å²) in [5.74, 6) is 1.92. The van der Waals surface area contributed by atoms with Gasteiger partial charge >= 0.3 is 0 Å². The summed E-state index contributed by atoms with van der Waals surface area (Å²) in [6.07, 6.45) is 3.59. The Morgan fingerprint density at radius 3 is 2.71 bits per heavy atom. The van der Waals surface area contributed by atoms with Gasteiger partial charge in [0.15, 0.2) is 0 Å². The minimum atomic E-state index is 0.0718. The molecule has 0 radical (unpaired) electrons. The first-order valence-corrected chi connectivity index (χ1v) is 7.25. The van der Waals surface area contributed by atoms with Crippen LogP contribution in [0.2, 0.25) is 0 Å². The number of methoxy groups -OCH3 is 1. The number of hydrogen-bond acceptors (Lipinski definition) is 4. The van der Waals surface area contributed by atoms with Crippen molar-refractivity contribution in [2.75, 3.05) is 7.11 Å².